The zero-order chi connectivity index (χ0) is 10.4. The van der Waals surface area contributed by atoms with Gasteiger partial charge in [0.2, 0.25) is 0 Å². The third-order valence-electron chi connectivity index (χ3n) is 1.72. The maximum Gasteiger partial charge on any atom is 0.126 e. The number of allylic oxidation sites excluding steroid dienone is 2. The Bertz CT molecular complexity index is 323. The van der Waals surface area contributed by atoms with Gasteiger partial charge in [-0.1, -0.05) is 12.7 Å². The minimum Gasteiger partial charge on any atom is -0.508 e. The lowest BCUT2D eigenvalue weighted by molar-refractivity contribution is 0.298. The highest BCUT2D eigenvalue weighted by Gasteiger charge is 2.00. The van der Waals surface area contributed by atoms with Crippen molar-refractivity contribution in [1.82, 2.24) is 0 Å². The largest absolute Gasteiger partial charge is 0.508 e. The van der Waals surface area contributed by atoms with E-state index in [0.717, 1.165) is 11.3 Å². The predicted octanol–water partition coefficient (Wildman–Crippen LogP) is 2.96. The van der Waals surface area contributed by atoms with Crippen LogP contribution >= 0.6 is 0 Å². The molecule has 1 rings (SSSR count). The molecular formula is C12H14O2. The molecule has 0 spiro atoms. The van der Waals surface area contributed by atoms with Crippen LogP contribution in [0.4, 0.5) is 0 Å². The van der Waals surface area contributed by atoms with Gasteiger partial charge in [0.15, 0.2) is 0 Å². The number of hydrogen-bond acceptors (Lipinski definition) is 2. The molecule has 0 unspecified atom stereocenters. The first-order chi connectivity index (χ1) is 6.77. The predicted molar refractivity (Wildman–Crippen MR) is 57.9 cm³/mol. The van der Waals surface area contributed by atoms with Crippen molar-refractivity contribution in [2.45, 2.75) is 6.92 Å². The summed E-state index contributed by atoms with van der Waals surface area (Å²) in [5, 5.41) is 9.12. The average molecular weight is 190 g/mol. The first-order valence-electron chi connectivity index (χ1n) is 4.53. The second-order valence-electron chi connectivity index (χ2n) is 2.75. The normalized spacial score (nSPS) is 11.1. The molecule has 1 N–H and O–H groups in total. The summed E-state index contributed by atoms with van der Waals surface area (Å²) in [7, 11) is 0. The van der Waals surface area contributed by atoms with E-state index < -0.39 is 0 Å². The number of rotatable bonds is 4. The van der Waals surface area contributed by atoms with E-state index >= 15 is 0 Å². The van der Waals surface area contributed by atoms with Crippen molar-refractivity contribution in [3.05, 3.63) is 48.6 Å². The number of ether oxygens (including phenoxy) is 1. The van der Waals surface area contributed by atoms with E-state index in [-0.39, 0.29) is 5.75 Å². The Labute approximate surface area is 84.1 Å². The van der Waals surface area contributed by atoms with Crippen molar-refractivity contribution in [2.75, 3.05) is 6.61 Å². The van der Waals surface area contributed by atoms with Crippen LogP contribution in [0.5, 0.6) is 5.75 Å². The van der Waals surface area contributed by atoms with Crippen LogP contribution in [0.15, 0.2) is 43.0 Å². The maximum absolute atomic E-state index is 9.12. The Kier molecular flexibility index (Phi) is 3.80. The number of hydrogen-bond donors (Lipinski definition) is 1. The summed E-state index contributed by atoms with van der Waals surface area (Å²) in [6.45, 7) is 6.16. The van der Waals surface area contributed by atoms with Gasteiger partial charge in [0.1, 0.15) is 11.5 Å². The van der Waals surface area contributed by atoms with Gasteiger partial charge in [0, 0.05) is 5.56 Å². The standard InChI is InChI=1S/C12H14O2/c1-3-5-12(14-4-2)10-6-8-11(13)9-7-10/h3,5-9,13H,1,4H2,2H3/b12-5+. The Balaban J connectivity index is 2.93. The molecule has 14 heavy (non-hydrogen) atoms. The van der Waals surface area contributed by atoms with Crippen LogP contribution in [0.25, 0.3) is 5.76 Å². The van der Waals surface area contributed by atoms with Crippen molar-refractivity contribution in [1.29, 1.82) is 0 Å². The van der Waals surface area contributed by atoms with Crippen LogP contribution < -0.4 is 0 Å². The van der Waals surface area contributed by atoms with Gasteiger partial charge in [-0.3, -0.25) is 0 Å². The molecule has 0 aliphatic heterocycles. The summed E-state index contributed by atoms with van der Waals surface area (Å²) in [5.41, 5.74) is 0.935. The van der Waals surface area contributed by atoms with Crippen molar-refractivity contribution in [3.8, 4) is 5.75 Å². The summed E-state index contributed by atoms with van der Waals surface area (Å²) in [6, 6.07) is 6.87. The molecule has 1 aromatic carbocycles. The molecule has 0 heterocycles. The molecule has 0 bridgehead atoms. The van der Waals surface area contributed by atoms with Gasteiger partial charge in [0.05, 0.1) is 6.61 Å². The zero-order valence-corrected chi connectivity index (χ0v) is 8.23. The molecule has 1 aromatic rings. The van der Waals surface area contributed by atoms with Crippen LogP contribution in [-0.4, -0.2) is 11.7 Å². The summed E-state index contributed by atoms with van der Waals surface area (Å²) in [6.07, 6.45) is 3.48. The smallest absolute Gasteiger partial charge is 0.126 e. The Morgan fingerprint density at radius 3 is 2.57 bits per heavy atom. The monoisotopic (exact) mass is 190 g/mol. The van der Waals surface area contributed by atoms with Gasteiger partial charge >= 0.3 is 0 Å². The van der Waals surface area contributed by atoms with Crippen LogP contribution in [0, 0.1) is 0 Å². The highest BCUT2D eigenvalue weighted by atomic mass is 16.5. The molecule has 0 aromatic heterocycles. The van der Waals surface area contributed by atoms with Crippen LogP contribution in [0.3, 0.4) is 0 Å². The number of benzene rings is 1. The van der Waals surface area contributed by atoms with E-state index in [1.54, 1.807) is 36.4 Å². The molecule has 0 saturated carbocycles. The molecule has 2 heteroatoms. The molecule has 2 nitrogen and oxygen atoms in total. The molecule has 0 amide bonds. The molecular weight excluding hydrogens is 176 g/mol. The topological polar surface area (TPSA) is 29.5 Å². The second-order valence-corrected chi connectivity index (χ2v) is 2.75. The Morgan fingerprint density at radius 2 is 2.07 bits per heavy atom. The fourth-order valence-electron chi connectivity index (χ4n) is 1.12. The summed E-state index contributed by atoms with van der Waals surface area (Å²) in [5.74, 6) is 1.02. The molecule has 0 saturated heterocycles. The summed E-state index contributed by atoms with van der Waals surface area (Å²) >= 11 is 0. The lowest BCUT2D eigenvalue weighted by atomic mass is 10.1. The number of phenols is 1. The minimum atomic E-state index is 0.253. The van der Waals surface area contributed by atoms with Crippen molar-refractivity contribution in [2.24, 2.45) is 0 Å². The van der Waals surface area contributed by atoms with Gasteiger partial charge in [-0.25, -0.2) is 0 Å². The highest BCUT2D eigenvalue weighted by molar-refractivity contribution is 5.61. The quantitative estimate of drug-likeness (QED) is 0.584. The first-order valence-corrected chi connectivity index (χ1v) is 4.53. The van der Waals surface area contributed by atoms with Crippen molar-refractivity contribution in [3.63, 3.8) is 0 Å². The number of phenolic OH excluding ortho intramolecular Hbond substituents is 1. The lowest BCUT2D eigenvalue weighted by Crippen LogP contribution is -1.90. The van der Waals surface area contributed by atoms with Crippen LogP contribution in [0.2, 0.25) is 0 Å². The van der Waals surface area contributed by atoms with Gasteiger partial charge in [-0.05, 0) is 37.3 Å². The van der Waals surface area contributed by atoms with E-state index in [1.165, 1.54) is 0 Å². The van der Waals surface area contributed by atoms with Crippen LogP contribution in [-0.2, 0) is 4.74 Å². The van der Waals surface area contributed by atoms with Crippen molar-refractivity contribution >= 4 is 5.76 Å². The maximum atomic E-state index is 9.12. The van der Waals surface area contributed by atoms with E-state index in [0.29, 0.717) is 6.61 Å². The molecule has 0 aliphatic rings. The second kappa shape index (κ2) is 5.12. The number of aromatic hydroxyl groups is 1. The Hall–Kier alpha value is -1.70. The third-order valence-corrected chi connectivity index (χ3v) is 1.72. The van der Waals surface area contributed by atoms with E-state index in [9.17, 15) is 0 Å². The SMILES string of the molecule is C=C/C=C(/OCC)c1ccc(O)cc1. The molecule has 74 valence electrons. The van der Waals surface area contributed by atoms with Gasteiger partial charge in [0.25, 0.3) is 0 Å². The van der Waals surface area contributed by atoms with Crippen molar-refractivity contribution < 1.29 is 9.84 Å². The first kappa shape index (κ1) is 10.4. The molecule has 0 fully saturated rings. The minimum absolute atomic E-state index is 0.253. The third kappa shape index (κ3) is 2.66. The van der Waals surface area contributed by atoms with Gasteiger partial charge in [-0.15, -0.1) is 0 Å². The van der Waals surface area contributed by atoms with Gasteiger partial charge in [-0.2, -0.15) is 0 Å². The average Bonchev–Trinajstić information content (AvgIpc) is 2.19. The van der Waals surface area contributed by atoms with E-state index in [4.69, 9.17) is 9.84 Å². The van der Waals surface area contributed by atoms with Crippen LogP contribution in [0.1, 0.15) is 12.5 Å². The zero-order valence-electron chi connectivity index (χ0n) is 8.23. The lowest BCUT2D eigenvalue weighted by Gasteiger charge is -2.07. The Morgan fingerprint density at radius 1 is 1.43 bits per heavy atom. The summed E-state index contributed by atoms with van der Waals surface area (Å²) in [4.78, 5) is 0. The molecule has 0 radical (unpaired) electrons. The summed E-state index contributed by atoms with van der Waals surface area (Å²) < 4.78 is 5.42. The van der Waals surface area contributed by atoms with E-state index in [1.807, 2.05) is 6.92 Å². The fourth-order valence-corrected chi connectivity index (χ4v) is 1.12. The highest BCUT2D eigenvalue weighted by Crippen LogP contribution is 2.18. The van der Waals surface area contributed by atoms with Gasteiger partial charge < -0.3 is 9.84 Å². The molecule has 0 aliphatic carbocycles. The van der Waals surface area contributed by atoms with E-state index in [2.05, 4.69) is 6.58 Å². The molecule has 0 atom stereocenters. The fraction of sp³-hybridized carbons (Fsp3) is 0.167.